The second kappa shape index (κ2) is 9.12. The van der Waals surface area contributed by atoms with Crippen LogP contribution in [0.4, 0.5) is 0 Å². The lowest BCUT2D eigenvalue weighted by Crippen LogP contribution is -2.39. The third-order valence-corrected chi connectivity index (χ3v) is 6.18. The zero-order valence-corrected chi connectivity index (χ0v) is 18.3. The molecule has 1 saturated heterocycles. The molecule has 6 heteroatoms. The number of hydrogen-bond acceptors (Lipinski definition) is 5. The van der Waals surface area contributed by atoms with Gasteiger partial charge in [-0.05, 0) is 62.1 Å². The highest BCUT2D eigenvalue weighted by Crippen LogP contribution is 2.38. The minimum absolute atomic E-state index is 0.126. The number of hydrogen-bond donors (Lipinski definition) is 1. The van der Waals surface area contributed by atoms with Crippen LogP contribution in [0.3, 0.4) is 0 Å². The van der Waals surface area contributed by atoms with Crippen LogP contribution in [0, 0.1) is 6.92 Å². The fourth-order valence-electron chi connectivity index (χ4n) is 4.64. The van der Waals surface area contributed by atoms with E-state index in [1.54, 1.807) is 25.5 Å². The molecule has 6 nitrogen and oxygen atoms in total. The highest BCUT2D eigenvalue weighted by molar-refractivity contribution is 5.87. The number of ether oxygens (including phenoxy) is 2. The Bertz CT molecular complexity index is 1060. The van der Waals surface area contributed by atoms with Crippen molar-refractivity contribution in [2.45, 2.75) is 45.4 Å². The van der Waals surface area contributed by atoms with Gasteiger partial charge in [-0.25, -0.2) is 4.79 Å². The molecule has 0 amide bonds. The molecule has 1 aliphatic rings. The van der Waals surface area contributed by atoms with Gasteiger partial charge in [0.05, 0.1) is 25.0 Å². The van der Waals surface area contributed by atoms with E-state index in [9.17, 15) is 9.90 Å². The van der Waals surface area contributed by atoms with Gasteiger partial charge in [-0.15, -0.1) is 0 Å². The van der Waals surface area contributed by atoms with Crippen LogP contribution in [0.1, 0.15) is 52.9 Å². The Hall–Kier alpha value is -2.83. The van der Waals surface area contributed by atoms with Gasteiger partial charge in [0, 0.05) is 36.7 Å². The number of aryl methyl sites for hydroxylation is 1. The Morgan fingerprint density at radius 2 is 2.03 bits per heavy atom. The summed E-state index contributed by atoms with van der Waals surface area (Å²) in [5.74, 6) is -0.0516. The molecule has 0 aliphatic carbocycles. The first-order valence-corrected chi connectivity index (χ1v) is 10.7. The number of piperidine rings is 1. The average molecular weight is 424 g/mol. The van der Waals surface area contributed by atoms with Gasteiger partial charge < -0.3 is 19.0 Å². The number of nitrogens with zero attached hydrogens (tertiary/aromatic N) is 1. The summed E-state index contributed by atoms with van der Waals surface area (Å²) in [5, 5.41) is 10.3. The van der Waals surface area contributed by atoms with Gasteiger partial charge in [0.25, 0.3) is 0 Å². The van der Waals surface area contributed by atoms with Gasteiger partial charge >= 0.3 is 5.97 Å². The van der Waals surface area contributed by atoms with E-state index in [1.165, 1.54) is 0 Å². The first-order valence-electron chi connectivity index (χ1n) is 10.7. The summed E-state index contributed by atoms with van der Waals surface area (Å²) in [6.07, 6.45) is 3.74. The molecule has 3 aromatic rings. The van der Waals surface area contributed by atoms with Gasteiger partial charge in [-0.2, -0.15) is 0 Å². The normalized spacial score (nSPS) is 19.6. The minimum atomic E-state index is -0.911. The monoisotopic (exact) mass is 423 g/mol. The zero-order chi connectivity index (χ0) is 22.0. The smallest absolute Gasteiger partial charge is 0.335 e. The van der Waals surface area contributed by atoms with Crippen molar-refractivity contribution in [3.05, 3.63) is 64.9 Å². The van der Waals surface area contributed by atoms with Crippen LogP contribution in [-0.2, 0) is 11.3 Å². The summed E-state index contributed by atoms with van der Waals surface area (Å²) in [6, 6.07) is 11.4. The van der Waals surface area contributed by atoms with E-state index in [2.05, 4.69) is 4.90 Å². The molecule has 1 aromatic heterocycles. The maximum atomic E-state index is 11.3. The van der Waals surface area contributed by atoms with Crippen LogP contribution < -0.4 is 4.74 Å². The van der Waals surface area contributed by atoms with Crippen molar-refractivity contribution in [1.82, 2.24) is 4.90 Å². The molecule has 4 rings (SSSR count). The van der Waals surface area contributed by atoms with Crippen molar-refractivity contribution in [1.29, 1.82) is 0 Å². The van der Waals surface area contributed by atoms with Gasteiger partial charge in [0.1, 0.15) is 11.3 Å². The van der Waals surface area contributed by atoms with Crippen LogP contribution in [-0.4, -0.2) is 42.3 Å². The molecular weight excluding hydrogens is 394 g/mol. The molecule has 0 saturated carbocycles. The van der Waals surface area contributed by atoms with Crippen molar-refractivity contribution in [2.24, 2.45) is 0 Å². The Morgan fingerprint density at radius 1 is 1.26 bits per heavy atom. The molecule has 2 aromatic carbocycles. The van der Waals surface area contributed by atoms with E-state index in [0.717, 1.165) is 52.8 Å². The van der Waals surface area contributed by atoms with E-state index in [4.69, 9.17) is 13.9 Å². The SMILES string of the molecule is CCO[C@H]1CCN(Cc2c(OC)cc(C)c3occc23)[C@H](c2ccc(C(=O)O)cc2)C1. The predicted octanol–water partition coefficient (Wildman–Crippen LogP) is 5.19. The van der Waals surface area contributed by atoms with E-state index < -0.39 is 5.97 Å². The fraction of sp³-hybridized carbons (Fsp3) is 0.400. The molecule has 2 heterocycles. The second-order valence-electron chi connectivity index (χ2n) is 8.05. The average Bonchev–Trinajstić information content (AvgIpc) is 3.27. The van der Waals surface area contributed by atoms with Crippen LogP contribution in [0.2, 0.25) is 0 Å². The van der Waals surface area contributed by atoms with Gasteiger partial charge in [-0.1, -0.05) is 12.1 Å². The molecule has 0 spiro atoms. The lowest BCUT2D eigenvalue weighted by molar-refractivity contribution is -0.0138. The van der Waals surface area contributed by atoms with Gasteiger partial charge in [-0.3, -0.25) is 4.90 Å². The van der Waals surface area contributed by atoms with Gasteiger partial charge in [0.15, 0.2) is 0 Å². The highest BCUT2D eigenvalue weighted by Gasteiger charge is 2.31. The van der Waals surface area contributed by atoms with E-state index >= 15 is 0 Å². The van der Waals surface area contributed by atoms with Crippen molar-refractivity contribution >= 4 is 16.9 Å². The fourth-order valence-corrected chi connectivity index (χ4v) is 4.64. The number of carboxylic acid groups (broad SMARTS) is 1. The first-order chi connectivity index (χ1) is 15.0. The number of rotatable bonds is 7. The Labute approximate surface area is 182 Å². The highest BCUT2D eigenvalue weighted by atomic mass is 16.5. The van der Waals surface area contributed by atoms with E-state index in [1.807, 2.05) is 38.1 Å². The number of aromatic carboxylic acids is 1. The second-order valence-corrected chi connectivity index (χ2v) is 8.05. The molecule has 164 valence electrons. The number of carbonyl (C=O) groups is 1. The van der Waals surface area contributed by atoms with Crippen LogP contribution in [0.25, 0.3) is 11.0 Å². The number of carboxylic acids is 1. The van der Waals surface area contributed by atoms with Crippen LogP contribution in [0.5, 0.6) is 5.75 Å². The lowest BCUT2D eigenvalue weighted by atomic mass is 9.91. The number of likely N-dealkylation sites (tertiary alicyclic amines) is 1. The maximum Gasteiger partial charge on any atom is 0.335 e. The lowest BCUT2D eigenvalue weighted by Gasteiger charge is -2.40. The Morgan fingerprint density at radius 3 is 2.71 bits per heavy atom. The summed E-state index contributed by atoms with van der Waals surface area (Å²) < 4.78 is 17.4. The van der Waals surface area contributed by atoms with Crippen molar-refractivity contribution < 1.29 is 23.8 Å². The molecule has 2 atom stereocenters. The number of fused-ring (bicyclic) bond motifs is 1. The number of methoxy groups -OCH3 is 1. The first kappa shape index (κ1) is 21.4. The molecule has 31 heavy (non-hydrogen) atoms. The van der Waals surface area contributed by atoms with Crippen LogP contribution in [0.15, 0.2) is 47.1 Å². The quantitative estimate of drug-likeness (QED) is 0.564. The third kappa shape index (κ3) is 4.31. The third-order valence-electron chi connectivity index (χ3n) is 6.18. The number of benzene rings is 2. The minimum Gasteiger partial charge on any atom is -0.496 e. The summed E-state index contributed by atoms with van der Waals surface area (Å²) in [4.78, 5) is 13.7. The summed E-state index contributed by atoms with van der Waals surface area (Å²) in [5.41, 5.74) is 4.45. The zero-order valence-electron chi connectivity index (χ0n) is 18.3. The summed E-state index contributed by atoms with van der Waals surface area (Å²) >= 11 is 0. The van der Waals surface area contributed by atoms with Crippen molar-refractivity contribution in [2.75, 3.05) is 20.3 Å². The van der Waals surface area contributed by atoms with E-state index in [-0.39, 0.29) is 12.1 Å². The topological polar surface area (TPSA) is 72.1 Å². The summed E-state index contributed by atoms with van der Waals surface area (Å²) in [7, 11) is 1.70. The molecule has 1 fully saturated rings. The Kier molecular flexibility index (Phi) is 6.30. The molecule has 1 N–H and O–H groups in total. The number of furan rings is 1. The predicted molar refractivity (Wildman–Crippen MR) is 119 cm³/mol. The molecule has 1 aliphatic heterocycles. The van der Waals surface area contributed by atoms with Gasteiger partial charge in [0.2, 0.25) is 0 Å². The molecular formula is C25H29NO5. The van der Waals surface area contributed by atoms with E-state index in [0.29, 0.717) is 18.7 Å². The largest absolute Gasteiger partial charge is 0.496 e. The van der Waals surface area contributed by atoms with Crippen LogP contribution >= 0.6 is 0 Å². The molecule has 0 bridgehead atoms. The van der Waals surface area contributed by atoms with Crippen molar-refractivity contribution in [3.8, 4) is 5.75 Å². The molecule has 0 unspecified atom stereocenters. The Balaban J connectivity index is 1.69. The standard InChI is InChI=1S/C25H29NO5/c1-4-30-19-9-11-26(22(14-19)17-5-7-18(8-6-17)25(27)28)15-21-20-10-12-31-24(20)16(2)13-23(21)29-3/h5-8,10,12-13,19,22H,4,9,11,14-15H2,1-3H3,(H,27,28)/t19-,22-/m0/s1. The summed E-state index contributed by atoms with van der Waals surface area (Å²) in [6.45, 7) is 6.33. The maximum absolute atomic E-state index is 11.3. The molecule has 0 radical (unpaired) electrons. The van der Waals surface area contributed by atoms with Crippen molar-refractivity contribution in [3.63, 3.8) is 0 Å².